The summed E-state index contributed by atoms with van der Waals surface area (Å²) in [6, 6.07) is 17.9. The van der Waals surface area contributed by atoms with Crippen molar-refractivity contribution in [3.05, 3.63) is 70.5 Å². The molecule has 6 heteroatoms. The summed E-state index contributed by atoms with van der Waals surface area (Å²) in [6.45, 7) is 5.62. The monoisotopic (exact) mass is 420 g/mol. The third kappa shape index (κ3) is 3.88. The first kappa shape index (κ1) is 20.3. The van der Waals surface area contributed by atoms with Crippen LogP contribution in [0.5, 0.6) is 5.75 Å². The number of ether oxygens (including phenoxy) is 2. The molecular formula is C24H24N2O3S. The van der Waals surface area contributed by atoms with Crippen LogP contribution in [0.15, 0.2) is 59.6 Å². The Hall–Kier alpha value is -2.96. The summed E-state index contributed by atoms with van der Waals surface area (Å²) in [6.07, 6.45) is 0. The lowest BCUT2D eigenvalue weighted by molar-refractivity contribution is 0.0995. The highest BCUT2D eigenvalue weighted by Gasteiger charge is 2.17. The highest BCUT2D eigenvalue weighted by molar-refractivity contribution is 7.16. The number of thiazole rings is 1. The van der Waals surface area contributed by atoms with Gasteiger partial charge in [0.1, 0.15) is 5.75 Å². The number of amides is 1. The molecule has 0 unspecified atom stereocenters. The van der Waals surface area contributed by atoms with E-state index in [-0.39, 0.29) is 5.91 Å². The van der Waals surface area contributed by atoms with Crippen molar-refractivity contribution in [1.29, 1.82) is 0 Å². The topological polar surface area (TPSA) is 52.8 Å². The zero-order chi connectivity index (χ0) is 21.1. The molecular weight excluding hydrogens is 396 g/mol. The Morgan fingerprint density at radius 2 is 1.97 bits per heavy atom. The van der Waals surface area contributed by atoms with E-state index < -0.39 is 0 Å². The SMILES string of the molecule is CCOc1ccc2ccccc2c1C(=O)N=c1sc2cc(C)ccc2n1CCOC. The standard InChI is InChI=1S/C24H24N2O3S/c1-4-29-20-12-10-17-7-5-6-8-18(17)22(20)23(27)25-24-26(13-14-28-3)19-11-9-16(2)15-21(19)30-24/h5-12,15H,4,13-14H2,1-3H3. The molecule has 30 heavy (non-hydrogen) atoms. The van der Waals surface area contributed by atoms with Crippen LogP contribution < -0.4 is 9.54 Å². The number of aromatic nitrogens is 1. The van der Waals surface area contributed by atoms with Crippen LogP contribution >= 0.6 is 11.3 Å². The number of methoxy groups -OCH3 is 1. The molecule has 0 fully saturated rings. The van der Waals surface area contributed by atoms with E-state index in [1.54, 1.807) is 7.11 Å². The van der Waals surface area contributed by atoms with E-state index in [0.29, 0.717) is 35.9 Å². The van der Waals surface area contributed by atoms with Crippen molar-refractivity contribution in [2.24, 2.45) is 4.99 Å². The van der Waals surface area contributed by atoms with Gasteiger partial charge in [-0.3, -0.25) is 4.79 Å². The molecule has 0 radical (unpaired) electrons. The molecule has 0 bridgehead atoms. The summed E-state index contributed by atoms with van der Waals surface area (Å²) in [4.78, 5) is 18.6. The molecule has 1 heterocycles. The van der Waals surface area contributed by atoms with Crippen molar-refractivity contribution < 1.29 is 14.3 Å². The van der Waals surface area contributed by atoms with Gasteiger partial charge in [0.25, 0.3) is 5.91 Å². The van der Waals surface area contributed by atoms with Gasteiger partial charge in [0.2, 0.25) is 0 Å². The maximum Gasteiger partial charge on any atom is 0.284 e. The molecule has 0 spiro atoms. The van der Waals surface area contributed by atoms with E-state index in [0.717, 1.165) is 21.0 Å². The molecule has 1 aromatic heterocycles. The Bertz CT molecular complexity index is 1290. The fourth-order valence-electron chi connectivity index (χ4n) is 3.56. The van der Waals surface area contributed by atoms with Crippen LogP contribution in [0.2, 0.25) is 0 Å². The number of aryl methyl sites for hydroxylation is 1. The third-order valence-corrected chi connectivity index (χ3v) is 6.00. The van der Waals surface area contributed by atoms with Crippen LogP contribution in [-0.2, 0) is 11.3 Å². The number of hydrogen-bond acceptors (Lipinski definition) is 4. The molecule has 5 nitrogen and oxygen atoms in total. The molecule has 154 valence electrons. The van der Waals surface area contributed by atoms with E-state index in [4.69, 9.17) is 9.47 Å². The summed E-state index contributed by atoms with van der Waals surface area (Å²) in [7, 11) is 1.67. The molecule has 0 aliphatic rings. The normalized spacial score (nSPS) is 12.0. The summed E-state index contributed by atoms with van der Waals surface area (Å²) < 4.78 is 14.2. The second kappa shape index (κ2) is 8.81. The number of fused-ring (bicyclic) bond motifs is 2. The minimum atomic E-state index is -0.301. The first-order chi connectivity index (χ1) is 14.6. The van der Waals surface area contributed by atoms with Gasteiger partial charge in [-0.1, -0.05) is 47.7 Å². The number of carbonyl (C=O) groups excluding carboxylic acids is 1. The Morgan fingerprint density at radius 1 is 1.13 bits per heavy atom. The molecule has 0 atom stereocenters. The van der Waals surface area contributed by atoms with Gasteiger partial charge >= 0.3 is 0 Å². The Kier molecular flexibility index (Phi) is 5.97. The highest BCUT2D eigenvalue weighted by atomic mass is 32.1. The Balaban J connectivity index is 1.91. The number of benzene rings is 3. The largest absolute Gasteiger partial charge is 0.493 e. The second-order valence-corrected chi connectivity index (χ2v) is 8.02. The van der Waals surface area contributed by atoms with Crippen molar-refractivity contribution in [2.75, 3.05) is 20.3 Å². The quantitative estimate of drug-likeness (QED) is 0.443. The van der Waals surface area contributed by atoms with Gasteiger partial charge in [-0.05, 0) is 48.4 Å². The van der Waals surface area contributed by atoms with Gasteiger partial charge in [0.15, 0.2) is 4.80 Å². The molecule has 4 rings (SSSR count). The number of nitrogens with zero attached hydrogens (tertiary/aromatic N) is 2. The maximum absolute atomic E-state index is 13.4. The lowest BCUT2D eigenvalue weighted by Gasteiger charge is -2.11. The predicted molar refractivity (Wildman–Crippen MR) is 121 cm³/mol. The lowest BCUT2D eigenvalue weighted by Crippen LogP contribution is -2.19. The summed E-state index contributed by atoms with van der Waals surface area (Å²) in [5, 5.41) is 1.83. The maximum atomic E-state index is 13.4. The van der Waals surface area contributed by atoms with Gasteiger partial charge < -0.3 is 14.0 Å². The van der Waals surface area contributed by atoms with Crippen molar-refractivity contribution in [3.63, 3.8) is 0 Å². The molecule has 3 aromatic carbocycles. The van der Waals surface area contributed by atoms with Crippen LogP contribution in [0.4, 0.5) is 0 Å². The number of hydrogen-bond donors (Lipinski definition) is 0. The van der Waals surface area contributed by atoms with Gasteiger partial charge in [-0.25, -0.2) is 0 Å². The van der Waals surface area contributed by atoms with Crippen LogP contribution in [0.1, 0.15) is 22.8 Å². The van der Waals surface area contributed by atoms with Gasteiger partial charge in [-0.2, -0.15) is 4.99 Å². The van der Waals surface area contributed by atoms with Crippen LogP contribution in [0.25, 0.3) is 21.0 Å². The molecule has 0 aliphatic carbocycles. The molecule has 4 aromatic rings. The molecule has 0 saturated carbocycles. The van der Waals surface area contributed by atoms with Gasteiger partial charge in [0, 0.05) is 13.7 Å². The zero-order valence-electron chi connectivity index (χ0n) is 17.3. The van der Waals surface area contributed by atoms with E-state index in [2.05, 4.69) is 30.1 Å². The first-order valence-electron chi connectivity index (χ1n) is 9.95. The van der Waals surface area contributed by atoms with Crippen molar-refractivity contribution >= 4 is 38.2 Å². The number of rotatable bonds is 6. The minimum absolute atomic E-state index is 0.301. The second-order valence-electron chi connectivity index (χ2n) is 7.01. The fourth-order valence-corrected chi connectivity index (χ4v) is 4.71. The zero-order valence-corrected chi connectivity index (χ0v) is 18.2. The summed E-state index contributed by atoms with van der Waals surface area (Å²) in [5.41, 5.74) is 2.73. The van der Waals surface area contributed by atoms with Crippen molar-refractivity contribution in [3.8, 4) is 5.75 Å². The molecule has 0 aliphatic heterocycles. The average molecular weight is 421 g/mol. The third-order valence-electron chi connectivity index (χ3n) is 4.96. The van der Waals surface area contributed by atoms with E-state index in [9.17, 15) is 4.79 Å². The van der Waals surface area contributed by atoms with Gasteiger partial charge in [-0.15, -0.1) is 0 Å². The van der Waals surface area contributed by atoms with Crippen LogP contribution in [-0.4, -0.2) is 30.8 Å². The molecule has 1 amide bonds. The predicted octanol–water partition coefficient (Wildman–Crippen LogP) is 4.95. The van der Waals surface area contributed by atoms with Gasteiger partial charge in [0.05, 0.1) is 29.0 Å². The molecule has 0 N–H and O–H groups in total. The number of carbonyl (C=O) groups is 1. The lowest BCUT2D eigenvalue weighted by atomic mass is 10.0. The average Bonchev–Trinajstić information content (AvgIpc) is 3.07. The van der Waals surface area contributed by atoms with E-state index in [1.165, 1.54) is 16.9 Å². The molecule has 0 saturated heterocycles. The fraction of sp³-hybridized carbons (Fsp3) is 0.250. The van der Waals surface area contributed by atoms with E-state index >= 15 is 0 Å². The highest BCUT2D eigenvalue weighted by Crippen LogP contribution is 2.29. The Labute approximate surface area is 179 Å². The van der Waals surface area contributed by atoms with Crippen molar-refractivity contribution in [1.82, 2.24) is 4.57 Å². The first-order valence-corrected chi connectivity index (χ1v) is 10.8. The minimum Gasteiger partial charge on any atom is -0.493 e. The van der Waals surface area contributed by atoms with Crippen LogP contribution in [0.3, 0.4) is 0 Å². The summed E-state index contributed by atoms with van der Waals surface area (Å²) >= 11 is 1.52. The van der Waals surface area contributed by atoms with Crippen LogP contribution in [0, 0.1) is 6.92 Å². The van der Waals surface area contributed by atoms with E-state index in [1.807, 2.05) is 47.9 Å². The summed E-state index contributed by atoms with van der Waals surface area (Å²) in [5.74, 6) is 0.259. The van der Waals surface area contributed by atoms with Crippen molar-refractivity contribution in [2.45, 2.75) is 20.4 Å². The smallest absolute Gasteiger partial charge is 0.284 e. The Morgan fingerprint density at radius 3 is 2.77 bits per heavy atom.